The third-order valence-corrected chi connectivity index (χ3v) is 7.10. The van der Waals surface area contributed by atoms with Gasteiger partial charge in [-0.1, -0.05) is 52.5 Å². The van der Waals surface area contributed by atoms with Gasteiger partial charge in [-0.15, -0.1) is 0 Å². The van der Waals surface area contributed by atoms with Crippen LogP contribution in [0, 0.1) is 5.92 Å². The van der Waals surface area contributed by atoms with Crippen LogP contribution < -0.4 is 0 Å². The monoisotopic (exact) mass is 444 g/mol. The molecule has 0 aromatic heterocycles. The molecule has 1 fully saturated rings. The quantitative estimate of drug-likeness (QED) is 0.190. The number of esters is 1. The molecule has 134 valence electrons. The predicted molar refractivity (Wildman–Crippen MR) is 106 cm³/mol. The zero-order valence-corrected chi connectivity index (χ0v) is 17.1. The van der Waals surface area contributed by atoms with Gasteiger partial charge in [-0.2, -0.15) is 0 Å². The van der Waals surface area contributed by atoms with Crippen molar-refractivity contribution in [3.05, 3.63) is 35.5 Å². The van der Waals surface area contributed by atoms with E-state index < -0.39 is 5.60 Å². The van der Waals surface area contributed by atoms with Gasteiger partial charge >= 0.3 is 5.97 Å². The van der Waals surface area contributed by atoms with Gasteiger partial charge in [0.15, 0.2) is 0 Å². The molecule has 4 unspecified atom stereocenters. The minimum atomic E-state index is -0.761. The summed E-state index contributed by atoms with van der Waals surface area (Å²) >= 11 is 2.32. The Labute approximate surface area is 159 Å². The number of hydrogen-bond donors (Lipinski definition) is 1. The van der Waals surface area contributed by atoms with Gasteiger partial charge in [0.25, 0.3) is 0 Å². The lowest BCUT2D eigenvalue weighted by atomic mass is 9.83. The number of aliphatic hydroxyl groups is 1. The number of fused-ring (bicyclic) bond motifs is 1. The van der Waals surface area contributed by atoms with Crippen molar-refractivity contribution in [1.29, 1.82) is 0 Å². The first-order valence-electron chi connectivity index (χ1n) is 8.78. The first kappa shape index (κ1) is 19.7. The normalized spacial score (nSPS) is 36.3. The molecule has 0 amide bonds. The number of rotatable bonds is 0. The molecule has 1 saturated heterocycles. The number of carbonyl (C=O) groups excluding carboxylic acids is 1. The van der Waals surface area contributed by atoms with Crippen LogP contribution in [0.3, 0.4) is 0 Å². The Kier molecular flexibility index (Phi) is 6.71. The molecule has 2 aliphatic rings. The SMILES string of the molecule is C=C1C(=O)OC2CC(C)=CCCC(C)=CCCC(C)(O)C(I)CC12. The second kappa shape index (κ2) is 8.17. The van der Waals surface area contributed by atoms with E-state index in [4.69, 9.17) is 4.74 Å². The van der Waals surface area contributed by atoms with Crippen molar-refractivity contribution in [3.63, 3.8) is 0 Å². The average molecular weight is 444 g/mol. The van der Waals surface area contributed by atoms with Gasteiger partial charge in [0.05, 0.1) is 5.60 Å². The van der Waals surface area contributed by atoms with E-state index in [9.17, 15) is 9.90 Å². The molecule has 4 atom stereocenters. The van der Waals surface area contributed by atoms with Gasteiger partial charge < -0.3 is 9.84 Å². The number of hydrogen-bond acceptors (Lipinski definition) is 3. The second-order valence-corrected chi connectivity index (χ2v) is 9.02. The van der Waals surface area contributed by atoms with Gasteiger partial charge in [0.1, 0.15) is 6.10 Å². The Hall–Kier alpha value is -0.620. The van der Waals surface area contributed by atoms with Gasteiger partial charge in [0.2, 0.25) is 0 Å². The highest BCUT2D eigenvalue weighted by Crippen LogP contribution is 2.39. The summed E-state index contributed by atoms with van der Waals surface area (Å²) in [6, 6.07) is 0. The summed E-state index contributed by atoms with van der Waals surface area (Å²) in [5, 5.41) is 10.9. The molecule has 0 aromatic rings. The first-order valence-corrected chi connectivity index (χ1v) is 10.0. The fraction of sp³-hybridized carbons (Fsp3) is 0.650. The Morgan fingerprint density at radius 2 is 1.96 bits per heavy atom. The number of allylic oxidation sites excluding steroid dienone is 3. The molecule has 1 aliphatic carbocycles. The van der Waals surface area contributed by atoms with Crippen LogP contribution in [0.5, 0.6) is 0 Å². The van der Waals surface area contributed by atoms with E-state index >= 15 is 0 Å². The highest BCUT2D eigenvalue weighted by molar-refractivity contribution is 14.1. The van der Waals surface area contributed by atoms with Crippen molar-refractivity contribution in [3.8, 4) is 0 Å². The summed E-state index contributed by atoms with van der Waals surface area (Å²) in [5.74, 6) is -0.280. The van der Waals surface area contributed by atoms with Crippen molar-refractivity contribution in [1.82, 2.24) is 0 Å². The van der Waals surface area contributed by atoms with Crippen molar-refractivity contribution in [2.45, 2.75) is 74.9 Å². The molecule has 4 heteroatoms. The molecular formula is C20H29IO3. The van der Waals surface area contributed by atoms with Crippen molar-refractivity contribution < 1.29 is 14.6 Å². The van der Waals surface area contributed by atoms with Crippen LogP contribution in [-0.2, 0) is 9.53 Å². The summed E-state index contributed by atoms with van der Waals surface area (Å²) in [6.45, 7) is 10.1. The molecule has 2 rings (SSSR count). The van der Waals surface area contributed by atoms with Crippen molar-refractivity contribution in [2.75, 3.05) is 0 Å². The topological polar surface area (TPSA) is 46.5 Å². The zero-order chi connectivity index (χ0) is 17.9. The van der Waals surface area contributed by atoms with Gasteiger partial charge in [-0.05, 0) is 52.9 Å². The second-order valence-electron chi connectivity index (χ2n) is 7.52. The molecule has 1 N–H and O–H groups in total. The van der Waals surface area contributed by atoms with Crippen LogP contribution >= 0.6 is 22.6 Å². The molecular weight excluding hydrogens is 415 g/mol. The third kappa shape index (κ3) is 4.94. The Morgan fingerprint density at radius 1 is 1.29 bits per heavy atom. The molecule has 0 aromatic carbocycles. The Bertz CT molecular complexity index is 559. The molecule has 0 radical (unpaired) electrons. The first-order chi connectivity index (χ1) is 11.2. The maximum atomic E-state index is 12.0. The van der Waals surface area contributed by atoms with E-state index in [2.05, 4.69) is 55.2 Å². The largest absolute Gasteiger partial charge is 0.458 e. The van der Waals surface area contributed by atoms with E-state index in [1.807, 2.05) is 6.92 Å². The summed E-state index contributed by atoms with van der Waals surface area (Å²) in [7, 11) is 0. The highest BCUT2D eigenvalue weighted by atomic mass is 127. The smallest absolute Gasteiger partial charge is 0.334 e. The lowest BCUT2D eigenvalue weighted by Gasteiger charge is -2.31. The predicted octanol–water partition coefficient (Wildman–Crippen LogP) is 4.89. The summed E-state index contributed by atoms with van der Waals surface area (Å²) in [5.41, 5.74) is 2.43. The molecule has 0 bridgehead atoms. The standard InChI is InChI=1S/C20H29IO3/c1-13-7-5-8-14(2)11-17-16(15(3)19(22)24-17)12-18(21)20(4,23)10-6-9-13/h8-9,16-18,23H,3,5-7,10-12H2,1-2,4H3. The van der Waals surface area contributed by atoms with E-state index in [0.29, 0.717) is 5.57 Å². The summed E-state index contributed by atoms with van der Waals surface area (Å²) < 4.78 is 5.62. The zero-order valence-electron chi connectivity index (χ0n) is 15.0. The van der Waals surface area contributed by atoms with E-state index in [1.54, 1.807) is 0 Å². The maximum absolute atomic E-state index is 12.0. The van der Waals surface area contributed by atoms with Crippen LogP contribution in [-0.4, -0.2) is 26.7 Å². The molecule has 1 aliphatic heterocycles. The van der Waals surface area contributed by atoms with Crippen LogP contribution in [0.15, 0.2) is 35.5 Å². The van der Waals surface area contributed by atoms with Gasteiger partial charge in [0, 0.05) is 21.8 Å². The van der Waals surface area contributed by atoms with E-state index in [1.165, 1.54) is 11.1 Å². The van der Waals surface area contributed by atoms with E-state index in [-0.39, 0.29) is 21.9 Å². The maximum Gasteiger partial charge on any atom is 0.334 e. The lowest BCUT2D eigenvalue weighted by Crippen LogP contribution is -2.37. The molecule has 0 saturated carbocycles. The minimum absolute atomic E-state index is 0.00514. The van der Waals surface area contributed by atoms with Crippen molar-refractivity contribution >= 4 is 28.6 Å². The average Bonchev–Trinajstić information content (AvgIpc) is 2.73. The third-order valence-electron chi connectivity index (χ3n) is 5.25. The van der Waals surface area contributed by atoms with Crippen molar-refractivity contribution in [2.24, 2.45) is 5.92 Å². The summed E-state index contributed by atoms with van der Waals surface area (Å²) in [6.07, 6.45) is 9.48. The lowest BCUT2D eigenvalue weighted by molar-refractivity contribution is -0.139. The van der Waals surface area contributed by atoms with Gasteiger partial charge in [-0.25, -0.2) is 4.79 Å². The van der Waals surface area contributed by atoms with Gasteiger partial charge in [-0.3, -0.25) is 0 Å². The number of halogens is 1. The fourth-order valence-corrected chi connectivity index (χ4v) is 4.30. The summed E-state index contributed by atoms with van der Waals surface area (Å²) in [4.78, 5) is 12.0. The molecule has 24 heavy (non-hydrogen) atoms. The minimum Gasteiger partial charge on any atom is -0.458 e. The van der Waals surface area contributed by atoms with Crippen LogP contribution in [0.25, 0.3) is 0 Å². The van der Waals surface area contributed by atoms with Crippen LogP contribution in [0.2, 0.25) is 0 Å². The molecule has 0 spiro atoms. The number of ether oxygens (including phenoxy) is 1. The Balaban J connectivity index is 2.24. The van der Waals surface area contributed by atoms with E-state index in [0.717, 1.165) is 38.5 Å². The fourth-order valence-electron chi connectivity index (χ4n) is 3.44. The highest BCUT2D eigenvalue weighted by Gasteiger charge is 2.42. The molecule has 3 nitrogen and oxygen atoms in total. The number of carbonyl (C=O) groups is 1. The van der Waals surface area contributed by atoms with Crippen LogP contribution in [0.4, 0.5) is 0 Å². The number of alkyl halides is 1. The van der Waals surface area contributed by atoms with Crippen LogP contribution in [0.1, 0.15) is 59.3 Å². The molecule has 1 heterocycles. The Morgan fingerprint density at radius 3 is 2.67 bits per heavy atom.